The summed E-state index contributed by atoms with van der Waals surface area (Å²) in [4.78, 5) is 0. The molecule has 0 nitrogen and oxygen atoms in total. The molecule has 68 valence electrons. The van der Waals surface area contributed by atoms with Crippen LogP contribution in [0.2, 0.25) is 0 Å². The smallest absolute Gasteiger partial charge is 0.0116 e. The van der Waals surface area contributed by atoms with Crippen molar-refractivity contribution < 1.29 is 0 Å². The maximum atomic E-state index is 2.53. The molecule has 1 saturated carbocycles. The number of rotatable bonds is 0. The van der Waals surface area contributed by atoms with Crippen LogP contribution in [0, 0.1) is 11.3 Å². The summed E-state index contributed by atoms with van der Waals surface area (Å²) in [6.07, 6.45) is 11.0. The van der Waals surface area contributed by atoms with E-state index in [1.54, 1.807) is 5.57 Å². The van der Waals surface area contributed by atoms with Gasteiger partial charge in [-0.2, -0.15) is 0 Å². The van der Waals surface area contributed by atoms with Crippen LogP contribution >= 0.6 is 0 Å². The first-order valence-corrected chi connectivity index (χ1v) is 5.40. The van der Waals surface area contributed by atoms with E-state index in [4.69, 9.17) is 0 Å². The van der Waals surface area contributed by atoms with Gasteiger partial charge in [-0.25, -0.2) is 0 Å². The number of fused-ring (bicyclic) bond motifs is 1. The van der Waals surface area contributed by atoms with Crippen LogP contribution in [-0.2, 0) is 0 Å². The fraction of sp³-hybridized carbons (Fsp3) is 0.833. The quantitative estimate of drug-likeness (QED) is 0.476. The summed E-state index contributed by atoms with van der Waals surface area (Å²) in [6, 6.07) is 0. The average Bonchev–Trinajstić information content (AvgIpc) is 2.06. The fourth-order valence-electron chi connectivity index (χ4n) is 2.83. The molecule has 0 spiro atoms. The van der Waals surface area contributed by atoms with Gasteiger partial charge < -0.3 is 0 Å². The maximum Gasteiger partial charge on any atom is -0.0116 e. The Hall–Kier alpha value is -0.260. The standard InChI is InChI=1S/C12H20/c1-10-6-8-12(2)7-4-3-5-11(12)9-10/h5,10H,3-4,6-9H2,1-2H3/t10-,12-/m0/s1. The van der Waals surface area contributed by atoms with Crippen LogP contribution < -0.4 is 0 Å². The van der Waals surface area contributed by atoms with E-state index in [1.165, 1.54) is 38.5 Å². The summed E-state index contributed by atoms with van der Waals surface area (Å²) in [7, 11) is 0. The minimum atomic E-state index is 0.616. The first kappa shape index (κ1) is 8.34. The molecule has 2 aliphatic rings. The SMILES string of the molecule is C[C@H]1CC[C@]2(C)CCCC=C2C1. The van der Waals surface area contributed by atoms with Gasteiger partial charge in [0.15, 0.2) is 0 Å². The van der Waals surface area contributed by atoms with Gasteiger partial charge >= 0.3 is 0 Å². The summed E-state index contributed by atoms with van der Waals surface area (Å²) in [5.74, 6) is 0.947. The van der Waals surface area contributed by atoms with E-state index in [2.05, 4.69) is 19.9 Å². The first-order valence-electron chi connectivity index (χ1n) is 5.40. The van der Waals surface area contributed by atoms with Gasteiger partial charge in [0.2, 0.25) is 0 Å². The van der Waals surface area contributed by atoms with Crippen LogP contribution in [0.4, 0.5) is 0 Å². The lowest BCUT2D eigenvalue weighted by molar-refractivity contribution is 0.228. The van der Waals surface area contributed by atoms with Crippen LogP contribution in [0.5, 0.6) is 0 Å². The summed E-state index contributed by atoms with van der Waals surface area (Å²) >= 11 is 0. The minimum Gasteiger partial charge on any atom is -0.0848 e. The Morgan fingerprint density at radius 2 is 2.25 bits per heavy atom. The molecule has 2 aliphatic carbocycles. The molecule has 0 bridgehead atoms. The van der Waals surface area contributed by atoms with Crippen LogP contribution in [0.15, 0.2) is 11.6 Å². The highest BCUT2D eigenvalue weighted by Gasteiger charge is 2.34. The second-order valence-electron chi connectivity index (χ2n) is 5.03. The second-order valence-corrected chi connectivity index (χ2v) is 5.03. The third-order valence-electron chi connectivity index (χ3n) is 3.86. The Bertz CT molecular complexity index is 202. The van der Waals surface area contributed by atoms with E-state index in [-0.39, 0.29) is 0 Å². The molecule has 0 saturated heterocycles. The predicted molar refractivity (Wildman–Crippen MR) is 53.1 cm³/mol. The molecule has 0 aromatic carbocycles. The van der Waals surface area contributed by atoms with Crippen LogP contribution in [0.3, 0.4) is 0 Å². The van der Waals surface area contributed by atoms with Gasteiger partial charge in [0.05, 0.1) is 0 Å². The molecular formula is C12H20. The van der Waals surface area contributed by atoms with Gasteiger partial charge in [-0.15, -0.1) is 0 Å². The van der Waals surface area contributed by atoms with Crippen molar-refractivity contribution in [3.63, 3.8) is 0 Å². The Morgan fingerprint density at radius 3 is 3.08 bits per heavy atom. The van der Waals surface area contributed by atoms with Crippen LogP contribution in [-0.4, -0.2) is 0 Å². The van der Waals surface area contributed by atoms with Crippen LogP contribution in [0.1, 0.15) is 52.4 Å². The van der Waals surface area contributed by atoms with E-state index in [0.717, 1.165) is 5.92 Å². The topological polar surface area (TPSA) is 0 Å². The first-order chi connectivity index (χ1) is 5.71. The molecular weight excluding hydrogens is 144 g/mol. The fourth-order valence-corrected chi connectivity index (χ4v) is 2.83. The van der Waals surface area contributed by atoms with Crippen molar-refractivity contribution in [1.29, 1.82) is 0 Å². The van der Waals surface area contributed by atoms with E-state index in [1.807, 2.05) is 0 Å². The zero-order chi connectivity index (χ0) is 8.60. The van der Waals surface area contributed by atoms with Crippen molar-refractivity contribution >= 4 is 0 Å². The van der Waals surface area contributed by atoms with Crippen molar-refractivity contribution in [3.05, 3.63) is 11.6 Å². The zero-order valence-electron chi connectivity index (χ0n) is 8.40. The Labute approximate surface area is 76.1 Å². The van der Waals surface area contributed by atoms with Gasteiger partial charge in [-0.1, -0.05) is 25.5 Å². The molecule has 0 aliphatic heterocycles. The molecule has 0 amide bonds. The van der Waals surface area contributed by atoms with Crippen molar-refractivity contribution in [1.82, 2.24) is 0 Å². The molecule has 0 aromatic heterocycles. The average molecular weight is 164 g/mol. The largest absolute Gasteiger partial charge is 0.0848 e. The Balaban J connectivity index is 2.19. The maximum absolute atomic E-state index is 2.53. The minimum absolute atomic E-state index is 0.616. The Morgan fingerprint density at radius 1 is 1.42 bits per heavy atom. The molecule has 0 N–H and O–H groups in total. The van der Waals surface area contributed by atoms with Gasteiger partial charge in [0.25, 0.3) is 0 Å². The van der Waals surface area contributed by atoms with E-state index >= 15 is 0 Å². The number of hydrogen-bond donors (Lipinski definition) is 0. The third-order valence-corrected chi connectivity index (χ3v) is 3.86. The van der Waals surface area contributed by atoms with Crippen molar-refractivity contribution in [3.8, 4) is 0 Å². The van der Waals surface area contributed by atoms with E-state index in [0.29, 0.717) is 5.41 Å². The monoisotopic (exact) mass is 164 g/mol. The third kappa shape index (κ3) is 1.32. The normalized spacial score (nSPS) is 41.8. The highest BCUT2D eigenvalue weighted by molar-refractivity contribution is 5.19. The highest BCUT2D eigenvalue weighted by Crippen LogP contribution is 2.48. The molecule has 2 rings (SSSR count). The van der Waals surface area contributed by atoms with Crippen LogP contribution in [0.25, 0.3) is 0 Å². The van der Waals surface area contributed by atoms with Crippen molar-refractivity contribution in [2.75, 3.05) is 0 Å². The summed E-state index contributed by atoms with van der Waals surface area (Å²) in [5.41, 5.74) is 2.40. The zero-order valence-corrected chi connectivity index (χ0v) is 8.40. The second kappa shape index (κ2) is 2.90. The predicted octanol–water partition coefficient (Wildman–Crippen LogP) is 3.92. The lowest BCUT2D eigenvalue weighted by atomic mass is 9.64. The molecule has 0 heterocycles. The van der Waals surface area contributed by atoms with Crippen molar-refractivity contribution in [2.24, 2.45) is 11.3 Å². The molecule has 0 radical (unpaired) electrons. The molecule has 12 heavy (non-hydrogen) atoms. The number of allylic oxidation sites excluding steroid dienone is 2. The van der Waals surface area contributed by atoms with Gasteiger partial charge in [-0.05, 0) is 49.9 Å². The van der Waals surface area contributed by atoms with Gasteiger partial charge in [0.1, 0.15) is 0 Å². The molecule has 0 heteroatoms. The van der Waals surface area contributed by atoms with Gasteiger partial charge in [-0.3, -0.25) is 0 Å². The summed E-state index contributed by atoms with van der Waals surface area (Å²) in [6.45, 7) is 4.87. The van der Waals surface area contributed by atoms with Crippen molar-refractivity contribution in [2.45, 2.75) is 52.4 Å². The van der Waals surface area contributed by atoms with Gasteiger partial charge in [0, 0.05) is 0 Å². The lowest BCUT2D eigenvalue weighted by Crippen LogP contribution is -2.28. The highest BCUT2D eigenvalue weighted by atomic mass is 14.4. The molecule has 1 fully saturated rings. The lowest BCUT2D eigenvalue weighted by Gasteiger charge is -2.41. The molecule has 0 unspecified atom stereocenters. The Kier molecular flexibility index (Phi) is 2.02. The summed E-state index contributed by atoms with van der Waals surface area (Å²) < 4.78 is 0. The molecule has 0 aromatic rings. The van der Waals surface area contributed by atoms with E-state index in [9.17, 15) is 0 Å². The summed E-state index contributed by atoms with van der Waals surface area (Å²) in [5, 5.41) is 0. The molecule has 2 atom stereocenters. The van der Waals surface area contributed by atoms with E-state index < -0.39 is 0 Å². The number of hydrogen-bond acceptors (Lipinski definition) is 0.